The molecular weight excluding hydrogens is 420 g/mol. The lowest BCUT2D eigenvalue weighted by Crippen LogP contribution is -2.41. The number of nitrogens with one attached hydrogen (secondary N) is 1. The molecule has 0 heterocycles. The zero-order chi connectivity index (χ0) is 22.3. The predicted octanol–water partition coefficient (Wildman–Crippen LogP) is 4.00. The van der Waals surface area contributed by atoms with E-state index in [1.54, 1.807) is 37.7 Å². The number of hydrogen-bond donors (Lipinski definition) is 1. The minimum Gasteiger partial charge on any atom is -0.494 e. The Morgan fingerprint density at radius 1 is 1.17 bits per heavy atom. The molecule has 8 heteroatoms. The molecule has 0 saturated carbocycles. The molecule has 164 valence electrons. The van der Waals surface area contributed by atoms with Gasteiger partial charge in [0.25, 0.3) is 0 Å². The first-order valence-electron chi connectivity index (χ1n) is 9.89. The van der Waals surface area contributed by atoms with Crippen molar-refractivity contribution in [3.05, 3.63) is 53.6 Å². The smallest absolute Gasteiger partial charge is 0.243 e. The van der Waals surface area contributed by atoms with Crippen LogP contribution in [0.2, 0.25) is 0 Å². The average molecular weight is 451 g/mol. The maximum absolute atomic E-state index is 13.0. The molecular formula is C22H30N2O4S2. The summed E-state index contributed by atoms with van der Waals surface area (Å²) in [5.41, 5.74) is 1.70. The Balaban J connectivity index is 2.10. The van der Waals surface area contributed by atoms with Crippen molar-refractivity contribution >= 4 is 27.7 Å². The van der Waals surface area contributed by atoms with Gasteiger partial charge < -0.3 is 10.1 Å². The number of carbonyl (C=O) groups excluding carboxylic acids is 1. The van der Waals surface area contributed by atoms with Gasteiger partial charge in [0, 0.05) is 11.4 Å². The molecule has 0 aliphatic carbocycles. The summed E-state index contributed by atoms with van der Waals surface area (Å²) >= 11 is 1.65. The predicted molar refractivity (Wildman–Crippen MR) is 122 cm³/mol. The van der Waals surface area contributed by atoms with Crippen molar-refractivity contribution in [2.45, 2.75) is 43.5 Å². The number of nitrogens with zero attached hydrogens (tertiary/aromatic N) is 1. The standard InChI is InChI=1S/C22H30N2O4S2/c1-6-24(30(26,27)20-12-13-21(28-7-2)16(3)14-20)15-22(25)23-17(4)18-8-10-19(29-5)11-9-18/h8-14,17H,6-7,15H2,1-5H3,(H,23,25)/t17-/m0/s1. The van der Waals surface area contributed by atoms with E-state index in [4.69, 9.17) is 4.74 Å². The molecule has 0 radical (unpaired) electrons. The van der Waals surface area contributed by atoms with Gasteiger partial charge in [0.05, 0.1) is 24.1 Å². The number of sulfonamides is 1. The molecule has 30 heavy (non-hydrogen) atoms. The van der Waals surface area contributed by atoms with Crippen LogP contribution in [-0.2, 0) is 14.8 Å². The van der Waals surface area contributed by atoms with Crippen molar-refractivity contribution < 1.29 is 17.9 Å². The molecule has 0 spiro atoms. The van der Waals surface area contributed by atoms with Gasteiger partial charge in [-0.1, -0.05) is 19.1 Å². The fraction of sp³-hybridized carbons (Fsp3) is 0.409. The van der Waals surface area contributed by atoms with Crippen molar-refractivity contribution in [1.82, 2.24) is 9.62 Å². The van der Waals surface area contributed by atoms with Crippen LogP contribution >= 0.6 is 11.8 Å². The molecule has 1 atom stereocenters. The first-order chi connectivity index (χ1) is 14.2. The summed E-state index contributed by atoms with van der Waals surface area (Å²) in [6.07, 6.45) is 2.01. The maximum Gasteiger partial charge on any atom is 0.243 e. The lowest BCUT2D eigenvalue weighted by molar-refractivity contribution is -0.121. The number of likely N-dealkylation sites (N-methyl/N-ethyl adjacent to an activating group) is 1. The highest BCUT2D eigenvalue weighted by Crippen LogP contribution is 2.24. The number of ether oxygens (including phenoxy) is 1. The third-order valence-corrected chi connectivity index (χ3v) is 7.41. The van der Waals surface area contributed by atoms with E-state index in [0.717, 1.165) is 16.0 Å². The van der Waals surface area contributed by atoms with Gasteiger partial charge in [-0.15, -0.1) is 11.8 Å². The third kappa shape index (κ3) is 6.00. The molecule has 0 unspecified atom stereocenters. The molecule has 0 saturated heterocycles. The molecule has 0 aliphatic heterocycles. The van der Waals surface area contributed by atoms with Crippen molar-refractivity contribution in [2.24, 2.45) is 0 Å². The van der Waals surface area contributed by atoms with Crippen LogP contribution in [-0.4, -0.2) is 44.6 Å². The second-order valence-electron chi connectivity index (χ2n) is 6.85. The monoisotopic (exact) mass is 450 g/mol. The number of thioether (sulfide) groups is 1. The van der Waals surface area contributed by atoms with E-state index in [-0.39, 0.29) is 29.9 Å². The van der Waals surface area contributed by atoms with E-state index in [9.17, 15) is 13.2 Å². The number of aryl methyl sites for hydroxylation is 1. The molecule has 0 aromatic heterocycles. The van der Waals surface area contributed by atoms with Crippen LogP contribution in [0, 0.1) is 6.92 Å². The Hall–Kier alpha value is -2.03. The number of hydrogen-bond acceptors (Lipinski definition) is 5. The average Bonchev–Trinajstić information content (AvgIpc) is 2.73. The van der Waals surface area contributed by atoms with Crippen molar-refractivity contribution in [2.75, 3.05) is 26.0 Å². The Kier molecular flexibility index (Phi) is 8.76. The third-order valence-electron chi connectivity index (χ3n) is 4.75. The molecule has 2 aromatic carbocycles. The summed E-state index contributed by atoms with van der Waals surface area (Å²) in [5.74, 6) is 0.308. The first kappa shape index (κ1) is 24.2. The summed E-state index contributed by atoms with van der Waals surface area (Å²) in [7, 11) is -3.80. The summed E-state index contributed by atoms with van der Waals surface area (Å²) in [4.78, 5) is 13.9. The zero-order valence-corrected chi connectivity index (χ0v) is 19.8. The Morgan fingerprint density at radius 2 is 1.83 bits per heavy atom. The largest absolute Gasteiger partial charge is 0.494 e. The van der Waals surface area contributed by atoms with Gasteiger partial charge in [0.1, 0.15) is 5.75 Å². The van der Waals surface area contributed by atoms with Gasteiger partial charge in [0.15, 0.2) is 0 Å². The van der Waals surface area contributed by atoms with E-state index in [2.05, 4.69) is 5.32 Å². The number of rotatable bonds is 10. The minimum atomic E-state index is -3.80. The van der Waals surface area contributed by atoms with Gasteiger partial charge in [0.2, 0.25) is 15.9 Å². The van der Waals surface area contributed by atoms with E-state index >= 15 is 0 Å². The quantitative estimate of drug-likeness (QED) is 0.554. The van der Waals surface area contributed by atoms with Crippen LogP contribution in [0.3, 0.4) is 0 Å². The fourth-order valence-electron chi connectivity index (χ4n) is 3.04. The normalized spacial score (nSPS) is 12.6. The lowest BCUT2D eigenvalue weighted by atomic mass is 10.1. The first-order valence-corrected chi connectivity index (χ1v) is 12.6. The van der Waals surface area contributed by atoms with Crippen LogP contribution in [0.4, 0.5) is 0 Å². The van der Waals surface area contributed by atoms with E-state index < -0.39 is 10.0 Å². The molecule has 0 bridgehead atoms. The number of carbonyl (C=O) groups is 1. The van der Waals surface area contributed by atoms with Crippen LogP contribution in [0.1, 0.15) is 37.9 Å². The lowest BCUT2D eigenvalue weighted by Gasteiger charge is -2.22. The molecule has 1 amide bonds. The molecule has 2 rings (SSSR count). The highest BCUT2D eigenvalue weighted by Gasteiger charge is 2.26. The molecule has 0 fully saturated rings. The summed E-state index contributed by atoms with van der Waals surface area (Å²) in [5, 5.41) is 2.89. The highest BCUT2D eigenvalue weighted by atomic mass is 32.2. The Bertz CT molecular complexity index is 960. The topological polar surface area (TPSA) is 75.7 Å². The molecule has 2 aromatic rings. The number of benzene rings is 2. The Labute approximate surface area is 184 Å². The van der Waals surface area contributed by atoms with Gasteiger partial charge in [-0.05, 0) is 68.5 Å². The van der Waals surface area contributed by atoms with Crippen molar-refractivity contribution in [1.29, 1.82) is 0 Å². The molecule has 0 aliphatic rings. The maximum atomic E-state index is 13.0. The van der Waals surface area contributed by atoms with E-state index in [1.165, 1.54) is 10.4 Å². The van der Waals surface area contributed by atoms with Crippen LogP contribution in [0.15, 0.2) is 52.3 Å². The minimum absolute atomic E-state index is 0.152. The second-order valence-corrected chi connectivity index (χ2v) is 9.67. The summed E-state index contributed by atoms with van der Waals surface area (Å²) in [6.45, 7) is 7.74. The zero-order valence-electron chi connectivity index (χ0n) is 18.1. The van der Waals surface area contributed by atoms with Crippen LogP contribution < -0.4 is 10.1 Å². The van der Waals surface area contributed by atoms with Gasteiger partial charge in [-0.3, -0.25) is 4.79 Å². The van der Waals surface area contributed by atoms with Crippen LogP contribution in [0.5, 0.6) is 5.75 Å². The number of amides is 1. The van der Waals surface area contributed by atoms with Gasteiger partial charge in [-0.25, -0.2) is 8.42 Å². The summed E-state index contributed by atoms with van der Waals surface area (Å²) in [6, 6.07) is 12.5. The summed E-state index contributed by atoms with van der Waals surface area (Å²) < 4.78 is 32.8. The van der Waals surface area contributed by atoms with Gasteiger partial charge >= 0.3 is 0 Å². The Morgan fingerprint density at radius 3 is 2.37 bits per heavy atom. The molecule has 1 N–H and O–H groups in total. The molecule has 6 nitrogen and oxygen atoms in total. The fourth-order valence-corrected chi connectivity index (χ4v) is 4.94. The van der Waals surface area contributed by atoms with Crippen molar-refractivity contribution in [3.8, 4) is 5.75 Å². The van der Waals surface area contributed by atoms with E-state index in [1.807, 2.05) is 44.4 Å². The SMILES string of the molecule is CCOc1ccc(S(=O)(=O)N(CC)CC(=O)N[C@@H](C)c2ccc(SC)cc2)cc1C. The van der Waals surface area contributed by atoms with E-state index in [0.29, 0.717) is 12.4 Å². The van der Waals surface area contributed by atoms with Gasteiger partial charge in [-0.2, -0.15) is 4.31 Å². The second kappa shape index (κ2) is 10.8. The van der Waals surface area contributed by atoms with Crippen LogP contribution in [0.25, 0.3) is 0 Å². The van der Waals surface area contributed by atoms with Crippen molar-refractivity contribution in [3.63, 3.8) is 0 Å². The highest BCUT2D eigenvalue weighted by molar-refractivity contribution is 7.98.